The Morgan fingerprint density at radius 1 is 0.933 bits per heavy atom. The fourth-order valence-electron chi connectivity index (χ4n) is 3.79. The number of Topliss-reactive ketones (excluding diaryl/α,β-unsaturated/α-hetero) is 1. The van der Waals surface area contributed by atoms with Gasteiger partial charge in [0, 0.05) is 6.04 Å². The normalized spacial score (nSPS) is 15.3. The zero-order valence-electron chi connectivity index (χ0n) is 29.2. The Labute approximate surface area is 272 Å². The Hall–Kier alpha value is -3.56. The minimum atomic E-state index is -0.745. The van der Waals surface area contributed by atoms with E-state index in [9.17, 15) is 19.2 Å². The average molecular weight is 629 g/mol. The average Bonchev–Trinajstić information content (AvgIpc) is 3.80. The molecule has 0 aliphatic carbocycles. The predicted molar refractivity (Wildman–Crippen MR) is 185 cm³/mol. The van der Waals surface area contributed by atoms with Crippen molar-refractivity contribution in [3.8, 4) is 0 Å². The molecule has 2 aromatic rings. The predicted octanol–water partition coefficient (Wildman–Crippen LogP) is 5.14. The number of nitrogens with one attached hydrogen (secondary N) is 3. The number of hydrogen-bond acceptors (Lipinski definition) is 6. The summed E-state index contributed by atoms with van der Waals surface area (Å²) < 4.78 is 5.11. The number of amides is 3. The maximum absolute atomic E-state index is 12.1. The van der Waals surface area contributed by atoms with Crippen LogP contribution in [-0.2, 0) is 30.3 Å². The number of rotatable bonds is 13. The van der Waals surface area contributed by atoms with Gasteiger partial charge in [-0.1, -0.05) is 114 Å². The molecule has 254 valence electrons. The van der Waals surface area contributed by atoms with Crippen LogP contribution in [0.2, 0.25) is 0 Å². The molecule has 3 atom stereocenters. The molecule has 0 bridgehead atoms. The molecule has 2 aromatic carbocycles. The maximum atomic E-state index is 12.1. The van der Waals surface area contributed by atoms with Gasteiger partial charge < -0.3 is 26.4 Å². The first-order valence-electron chi connectivity index (χ1n) is 16.1. The number of aryl methyl sites for hydroxylation is 2. The van der Waals surface area contributed by atoms with Gasteiger partial charge in [-0.2, -0.15) is 0 Å². The number of carbonyl (C=O) groups is 4. The summed E-state index contributed by atoms with van der Waals surface area (Å²) in [6, 6.07) is 20.4. The molecule has 1 fully saturated rings. The number of carbonyl (C=O) groups excluding carboxylic acids is 4. The van der Waals surface area contributed by atoms with Crippen LogP contribution >= 0.6 is 0 Å². The van der Waals surface area contributed by atoms with E-state index in [1.54, 1.807) is 6.92 Å². The summed E-state index contributed by atoms with van der Waals surface area (Å²) in [4.78, 5) is 44.4. The van der Waals surface area contributed by atoms with Crippen molar-refractivity contribution in [1.82, 2.24) is 16.0 Å². The quantitative estimate of drug-likeness (QED) is 0.179. The van der Waals surface area contributed by atoms with Crippen LogP contribution < -0.4 is 21.7 Å². The minimum Gasteiger partial charge on any atom is -0.361 e. The molecule has 3 amide bonds. The first kappa shape index (κ1) is 43.6. The van der Waals surface area contributed by atoms with Crippen molar-refractivity contribution in [2.24, 2.45) is 11.7 Å². The number of ketones is 1. The van der Waals surface area contributed by atoms with Crippen LogP contribution in [0.5, 0.6) is 0 Å². The van der Waals surface area contributed by atoms with Crippen LogP contribution in [0.15, 0.2) is 60.7 Å². The van der Waals surface area contributed by atoms with E-state index in [4.69, 9.17) is 10.5 Å². The van der Waals surface area contributed by atoms with Crippen molar-refractivity contribution >= 4 is 24.0 Å². The van der Waals surface area contributed by atoms with Crippen molar-refractivity contribution in [2.45, 2.75) is 106 Å². The van der Waals surface area contributed by atoms with Gasteiger partial charge in [-0.25, -0.2) is 0 Å². The Balaban J connectivity index is 0. The van der Waals surface area contributed by atoms with Crippen LogP contribution in [0.4, 0.5) is 0 Å². The number of benzene rings is 2. The van der Waals surface area contributed by atoms with E-state index in [0.29, 0.717) is 19.4 Å². The summed E-state index contributed by atoms with van der Waals surface area (Å²) in [5.74, 6) is -0.261. The van der Waals surface area contributed by atoms with Crippen LogP contribution in [0.1, 0.15) is 85.8 Å². The third-order valence-electron chi connectivity index (χ3n) is 6.31. The second kappa shape index (κ2) is 26.8. The smallest absolute Gasteiger partial charge is 0.239 e. The maximum Gasteiger partial charge on any atom is 0.239 e. The van der Waals surface area contributed by atoms with Crippen LogP contribution in [0.25, 0.3) is 0 Å². The Morgan fingerprint density at radius 3 is 1.82 bits per heavy atom. The molecule has 5 N–H and O–H groups in total. The summed E-state index contributed by atoms with van der Waals surface area (Å²) in [7, 11) is 0. The Bertz CT molecular complexity index is 1040. The number of nitrogens with two attached hydrogens (primary N) is 1. The summed E-state index contributed by atoms with van der Waals surface area (Å²) >= 11 is 0. The van der Waals surface area contributed by atoms with Gasteiger partial charge in [-0.05, 0) is 51.5 Å². The molecular weight excluding hydrogens is 568 g/mol. The summed E-state index contributed by atoms with van der Waals surface area (Å²) in [5.41, 5.74) is 7.09. The van der Waals surface area contributed by atoms with Gasteiger partial charge in [0.1, 0.15) is 5.60 Å². The first-order chi connectivity index (χ1) is 21.4. The van der Waals surface area contributed by atoms with Crippen molar-refractivity contribution < 1.29 is 23.9 Å². The molecule has 0 radical (unpaired) electrons. The van der Waals surface area contributed by atoms with Crippen molar-refractivity contribution in [3.05, 3.63) is 71.8 Å². The third-order valence-corrected chi connectivity index (χ3v) is 6.31. The molecule has 1 aliphatic heterocycles. The number of hydrogen-bond donors (Lipinski definition) is 4. The van der Waals surface area contributed by atoms with Crippen LogP contribution in [0, 0.1) is 12.8 Å². The van der Waals surface area contributed by atoms with Gasteiger partial charge in [-0.15, -0.1) is 0 Å². The molecule has 3 rings (SSSR count). The molecule has 0 aromatic heterocycles. The van der Waals surface area contributed by atoms with Crippen molar-refractivity contribution in [2.75, 3.05) is 19.7 Å². The molecule has 45 heavy (non-hydrogen) atoms. The van der Waals surface area contributed by atoms with Gasteiger partial charge in [0.15, 0.2) is 5.78 Å². The van der Waals surface area contributed by atoms with E-state index in [2.05, 4.69) is 73.1 Å². The molecule has 1 aliphatic rings. The van der Waals surface area contributed by atoms with Gasteiger partial charge in [0.2, 0.25) is 18.2 Å². The highest BCUT2D eigenvalue weighted by molar-refractivity contribution is 5.96. The lowest BCUT2D eigenvalue weighted by atomic mass is 9.93. The van der Waals surface area contributed by atoms with Gasteiger partial charge in [0.05, 0.1) is 25.7 Å². The molecule has 9 nitrogen and oxygen atoms in total. The SMILES string of the molecule is CC.CC(C)CC(NC(=O)CNC=O)C(=O)C1(C)CO1.CCCC(C)NC(=O)CN.CCc1ccccc1.Cc1ccccc1. The number of ether oxygens (including phenoxy) is 1. The lowest BCUT2D eigenvalue weighted by molar-refractivity contribution is -0.130. The highest BCUT2D eigenvalue weighted by Gasteiger charge is 2.50. The Morgan fingerprint density at radius 2 is 1.47 bits per heavy atom. The largest absolute Gasteiger partial charge is 0.361 e. The second-order valence-electron chi connectivity index (χ2n) is 11.1. The van der Waals surface area contributed by atoms with E-state index in [1.807, 2.05) is 58.9 Å². The van der Waals surface area contributed by atoms with E-state index in [0.717, 1.165) is 19.3 Å². The molecule has 3 unspecified atom stereocenters. The lowest BCUT2D eigenvalue weighted by Crippen LogP contribution is -2.48. The molecule has 1 heterocycles. The van der Waals surface area contributed by atoms with Crippen LogP contribution in [0.3, 0.4) is 0 Å². The Kier molecular flexibility index (Phi) is 26.0. The number of epoxide rings is 1. The summed E-state index contributed by atoms with van der Waals surface area (Å²) in [6.45, 7) is 18.4. The zero-order valence-corrected chi connectivity index (χ0v) is 29.2. The fraction of sp³-hybridized carbons (Fsp3) is 0.556. The van der Waals surface area contributed by atoms with Gasteiger partial charge in [-0.3, -0.25) is 19.2 Å². The molecule has 0 spiro atoms. The minimum absolute atomic E-state index is 0.0686. The third kappa shape index (κ3) is 23.5. The zero-order chi connectivity index (χ0) is 34.7. The monoisotopic (exact) mass is 628 g/mol. The second-order valence-corrected chi connectivity index (χ2v) is 11.1. The first-order valence-corrected chi connectivity index (χ1v) is 16.1. The molecular formula is C36H60N4O5. The molecule has 0 saturated carbocycles. The van der Waals surface area contributed by atoms with Crippen molar-refractivity contribution in [1.29, 1.82) is 0 Å². The van der Waals surface area contributed by atoms with E-state index >= 15 is 0 Å². The molecule has 1 saturated heterocycles. The topological polar surface area (TPSA) is 143 Å². The standard InChI is InChI=1S/C12H20N2O4.C8H10.C7H16N2O.C7H8.C2H6/c1-8(2)4-9(11(17)12(3)6-18-12)14-10(16)5-13-7-15;1-2-8-6-4-3-5-7-8;1-3-4-6(2)9-7(10)5-8;1-7-5-3-2-4-6-7;1-2/h7-9H,4-6H2,1-3H3,(H,13,15)(H,14,16);3-7H,2H2,1H3;6H,3-5,8H2,1-2H3,(H,9,10);2-6H,1H3;1-2H3. The fourth-order valence-corrected chi connectivity index (χ4v) is 3.79. The lowest BCUT2D eigenvalue weighted by Gasteiger charge is -2.21. The van der Waals surface area contributed by atoms with E-state index in [-0.39, 0.29) is 42.6 Å². The van der Waals surface area contributed by atoms with E-state index < -0.39 is 11.6 Å². The van der Waals surface area contributed by atoms with Crippen LogP contribution in [-0.4, -0.2) is 61.4 Å². The highest BCUT2D eigenvalue weighted by atomic mass is 16.6. The van der Waals surface area contributed by atoms with Gasteiger partial charge >= 0.3 is 0 Å². The summed E-state index contributed by atoms with van der Waals surface area (Å²) in [6.07, 6.45) is 4.26. The van der Waals surface area contributed by atoms with Gasteiger partial charge in [0.25, 0.3) is 0 Å². The molecule has 9 heteroatoms. The highest BCUT2D eigenvalue weighted by Crippen LogP contribution is 2.29. The van der Waals surface area contributed by atoms with E-state index in [1.165, 1.54) is 11.1 Å². The van der Waals surface area contributed by atoms with Crippen molar-refractivity contribution in [3.63, 3.8) is 0 Å². The summed E-state index contributed by atoms with van der Waals surface area (Å²) in [5, 5.41) is 7.67.